The average Bonchev–Trinajstić information content (AvgIpc) is 3.44. The van der Waals surface area contributed by atoms with Gasteiger partial charge in [0.1, 0.15) is 10.9 Å². The minimum absolute atomic E-state index is 0.164. The molecular formula is C39H27N5O4S. The van der Waals surface area contributed by atoms with Crippen LogP contribution in [0, 0.1) is 0 Å². The molecule has 2 aromatic heterocycles. The van der Waals surface area contributed by atoms with Gasteiger partial charge in [0.25, 0.3) is 5.91 Å². The Morgan fingerprint density at radius 3 is 2.20 bits per heavy atom. The van der Waals surface area contributed by atoms with Crippen molar-refractivity contribution in [1.29, 1.82) is 0 Å². The number of aliphatic imine (C=N–C) groups is 1. The number of thioether (sulfide) groups is 1. The molecule has 7 rings (SSSR count). The van der Waals surface area contributed by atoms with Crippen molar-refractivity contribution in [1.82, 2.24) is 9.97 Å². The Labute approximate surface area is 285 Å². The summed E-state index contributed by atoms with van der Waals surface area (Å²) in [7, 11) is 0. The third kappa shape index (κ3) is 6.71. The molecule has 0 bridgehead atoms. The number of fused-ring (bicyclic) bond motifs is 1. The minimum Gasteiger partial charge on any atom is -0.478 e. The molecule has 3 heterocycles. The fourth-order valence-corrected chi connectivity index (χ4v) is 6.55. The van der Waals surface area contributed by atoms with E-state index in [-0.39, 0.29) is 23.1 Å². The van der Waals surface area contributed by atoms with E-state index >= 15 is 0 Å². The number of carbonyl (C=O) groups excluding carboxylic acids is 2. The van der Waals surface area contributed by atoms with Gasteiger partial charge in [-0.05, 0) is 65.7 Å². The van der Waals surface area contributed by atoms with Crippen LogP contribution in [0.25, 0.3) is 28.2 Å². The second kappa shape index (κ2) is 13.8. The highest BCUT2D eigenvalue weighted by Crippen LogP contribution is 2.38. The number of rotatable bonds is 8. The van der Waals surface area contributed by atoms with Crippen molar-refractivity contribution in [2.45, 2.75) is 5.25 Å². The normalized spacial score (nSPS) is 14.1. The number of hydrogen-bond donors (Lipinski definition) is 2. The lowest BCUT2D eigenvalue weighted by atomic mass is 10.0. The second-order valence-corrected chi connectivity index (χ2v) is 12.1. The van der Waals surface area contributed by atoms with Crippen molar-refractivity contribution in [2.75, 3.05) is 10.2 Å². The van der Waals surface area contributed by atoms with Crippen LogP contribution in [0.15, 0.2) is 150 Å². The lowest BCUT2D eigenvalue weighted by Crippen LogP contribution is -2.32. The Bertz CT molecular complexity index is 2240. The number of carboxylic acids is 1. The van der Waals surface area contributed by atoms with Gasteiger partial charge < -0.3 is 10.4 Å². The number of aromatic carboxylic acids is 1. The molecule has 0 aliphatic carbocycles. The van der Waals surface area contributed by atoms with Crippen molar-refractivity contribution in [3.63, 3.8) is 0 Å². The molecule has 0 saturated heterocycles. The zero-order valence-electron chi connectivity index (χ0n) is 25.8. The van der Waals surface area contributed by atoms with Gasteiger partial charge in [0.05, 0.1) is 22.5 Å². The van der Waals surface area contributed by atoms with Gasteiger partial charge in [-0.25, -0.2) is 14.8 Å². The zero-order chi connectivity index (χ0) is 33.7. The molecule has 10 heteroatoms. The topological polar surface area (TPSA) is 125 Å². The van der Waals surface area contributed by atoms with Gasteiger partial charge >= 0.3 is 5.97 Å². The number of para-hydroxylation sites is 2. The van der Waals surface area contributed by atoms with E-state index in [0.717, 1.165) is 11.1 Å². The number of carbonyl (C=O) groups is 3. The molecular weight excluding hydrogens is 635 g/mol. The number of amidine groups is 1. The van der Waals surface area contributed by atoms with E-state index in [4.69, 9.17) is 4.99 Å². The number of aromatic nitrogens is 2. The summed E-state index contributed by atoms with van der Waals surface area (Å²) < 4.78 is 0. The SMILES string of the molecule is O=C(O)c1cc(-c2ccc(NC(=O)C(SC3=N/C(=C\c4ccncc4)C(=O)N3c3ccccc3)c3ccccc3)cc2)nc2ccccc12. The van der Waals surface area contributed by atoms with Crippen LogP contribution < -0.4 is 10.2 Å². The summed E-state index contributed by atoms with van der Waals surface area (Å²) in [6.45, 7) is 0. The number of pyridine rings is 2. The van der Waals surface area contributed by atoms with E-state index < -0.39 is 11.2 Å². The number of benzene rings is 4. The maximum absolute atomic E-state index is 14.0. The summed E-state index contributed by atoms with van der Waals surface area (Å²) in [6.07, 6.45) is 5.00. The number of hydrogen-bond acceptors (Lipinski definition) is 7. The van der Waals surface area contributed by atoms with Crippen LogP contribution in [0.5, 0.6) is 0 Å². The van der Waals surface area contributed by atoms with Crippen LogP contribution in [-0.4, -0.2) is 38.0 Å². The maximum Gasteiger partial charge on any atom is 0.336 e. The molecule has 238 valence electrons. The Morgan fingerprint density at radius 2 is 1.49 bits per heavy atom. The first-order valence-corrected chi connectivity index (χ1v) is 16.2. The van der Waals surface area contributed by atoms with Gasteiger partial charge in [-0.1, -0.05) is 90.6 Å². The average molecular weight is 662 g/mol. The highest BCUT2D eigenvalue weighted by Gasteiger charge is 2.36. The van der Waals surface area contributed by atoms with E-state index in [1.807, 2.05) is 66.7 Å². The molecule has 1 aliphatic rings. The number of amides is 2. The molecule has 1 aliphatic heterocycles. The van der Waals surface area contributed by atoms with E-state index in [1.165, 1.54) is 16.7 Å². The van der Waals surface area contributed by atoms with Crippen LogP contribution in [0.4, 0.5) is 11.4 Å². The standard InChI is InChI=1S/C39H27N5O4S/c45-36(41-28-17-15-26(16-18-28)33-24-31(38(47)48)30-13-7-8-14-32(30)42-33)35(27-9-3-1-4-10-27)49-39-43-34(23-25-19-21-40-22-20-25)37(46)44(39)29-11-5-2-6-12-29/h1-24,35H,(H,41,45)(H,47,48)/b34-23-. The molecule has 2 N–H and O–H groups in total. The highest BCUT2D eigenvalue weighted by molar-refractivity contribution is 8.15. The van der Waals surface area contributed by atoms with Gasteiger partial charge in [0.2, 0.25) is 5.91 Å². The van der Waals surface area contributed by atoms with E-state index in [9.17, 15) is 19.5 Å². The first kappa shape index (κ1) is 31.2. The lowest BCUT2D eigenvalue weighted by Gasteiger charge is -2.22. The van der Waals surface area contributed by atoms with Crippen molar-refractivity contribution >= 4 is 63.1 Å². The number of anilines is 2. The van der Waals surface area contributed by atoms with E-state index in [0.29, 0.717) is 38.7 Å². The zero-order valence-corrected chi connectivity index (χ0v) is 26.6. The minimum atomic E-state index is -1.03. The molecule has 4 aromatic carbocycles. The summed E-state index contributed by atoms with van der Waals surface area (Å²) in [5.41, 5.74) is 4.88. The molecule has 2 amide bonds. The van der Waals surface area contributed by atoms with Gasteiger partial charge in [0.15, 0.2) is 5.17 Å². The third-order valence-electron chi connectivity index (χ3n) is 7.81. The summed E-state index contributed by atoms with van der Waals surface area (Å²) in [6, 6.07) is 37.9. The monoisotopic (exact) mass is 661 g/mol. The molecule has 9 nitrogen and oxygen atoms in total. The summed E-state index contributed by atoms with van der Waals surface area (Å²) >= 11 is 1.18. The smallest absolute Gasteiger partial charge is 0.336 e. The van der Waals surface area contributed by atoms with Crippen LogP contribution in [0.2, 0.25) is 0 Å². The van der Waals surface area contributed by atoms with Gasteiger partial charge in [-0.15, -0.1) is 0 Å². The number of nitrogens with one attached hydrogen (secondary N) is 1. The first-order valence-electron chi connectivity index (χ1n) is 15.3. The Hall–Kier alpha value is -6.39. The van der Waals surface area contributed by atoms with Crippen LogP contribution >= 0.6 is 11.8 Å². The summed E-state index contributed by atoms with van der Waals surface area (Å²) in [4.78, 5) is 54.7. The Kier molecular flexibility index (Phi) is 8.77. The van der Waals surface area contributed by atoms with Crippen molar-refractivity contribution in [3.8, 4) is 11.3 Å². The fourth-order valence-electron chi connectivity index (χ4n) is 5.44. The van der Waals surface area contributed by atoms with Crippen molar-refractivity contribution in [3.05, 3.63) is 162 Å². The van der Waals surface area contributed by atoms with Gasteiger partial charge in [-0.2, -0.15) is 0 Å². The maximum atomic E-state index is 14.0. The molecule has 0 radical (unpaired) electrons. The Balaban J connectivity index is 1.19. The quantitative estimate of drug-likeness (QED) is 0.159. The van der Waals surface area contributed by atoms with Crippen LogP contribution in [0.3, 0.4) is 0 Å². The molecule has 0 saturated carbocycles. The molecule has 1 unspecified atom stereocenters. The van der Waals surface area contributed by atoms with E-state index in [2.05, 4.69) is 15.3 Å². The largest absolute Gasteiger partial charge is 0.478 e. The van der Waals surface area contributed by atoms with Gasteiger partial charge in [0, 0.05) is 29.0 Å². The Morgan fingerprint density at radius 1 is 0.816 bits per heavy atom. The predicted octanol–water partition coefficient (Wildman–Crippen LogP) is 7.85. The summed E-state index contributed by atoms with van der Waals surface area (Å²) in [5.74, 6) is -1.65. The number of carboxylic acid groups (broad SMARTS) is 1. The summed E-state index contributed by atoms with van der Waals surface area (Å²) in [5, 5.41) is 13.0. The van der Waals surface area contributed by atoms with Crippen LogP contribution in [-0.2, 0) is 9.59 Å². The molecule has 49 heavy (non-hydrogen) atoms. The van der Waals surface area contributed by atoms with E-state index in [1.54, 1.807) is 79.1 Å². The lowest BCUT2D eigenvalue weighted by molar-refractivity contribution is -0.116. The third-order valence-corrected chi connectivity index (χ3v) is 9.02. The molecule has 1 atom stereocenters. The van der Waals surface area contributed by atoms with Crippen LogP contribution in [0.1, 0.15) is 26.7 Å². The fraction of sp³-hybridized carbons (Fsp3) is 0.0256. The number of nitrogens with zero attached hydrogens (tertiary/aromatic N) is 4. The predicted molar refractivity (Wildman–Crippen MR) is 193 cm³/mol. The van der Waals surface area contributed by atoms with Crippen molar-refractivity contribution in [2.24, 2.45) is 4.99 Å². The highest BCUT2D eigenvalue weighted by atomic mass is 32.2. The second-order valence-electron chi connectivity index (χ2n) is 11.0. The molecule has 6 aromatic rings. The molecule has 0 spiro atoms. The first-order chi connectivity index (χ1) is 23.9. The van der Waals surface area contributed by atoms with Crippen molar-refractivity contribution < 1.29 is 19.5 Å². The molecule has 0 fully saturated rings. The van der Waals surface area contributed by atoms with Gasteiger partial charge in [-0.3, -0.25) is 19.5 Å².